The Morgan fingerprint density at radius 2 is 1.86 bits per heavy atom. The number of hydrogen-bond donors (Lipinski definition) is 3. The van der Waals surface area contributed by atoms with E-state index in [1.54, 1.807) is 24.4 Å². The number of nitrogens with zero attached hydrogens (tertiary/aromatic N) is 2. The summed E-state index contributed by atoms with van der Waals surface area (Å²) in [7, 11) is 1.49. The van der Waals surface area contributed by atoms with E-state index in [-0.39, 0.29) is 23.7 Å². The monoisotopic (exact) mass is 496 g/mol. The zero-order valence-corrected chi connectivity index (χ0v) is 18.8. The lowest BCUT2D eigenvalue weighted by atomic mass is 9.88. The van der Waals surface area contributed by atoms with Gasteiger partial charge in [0.15, 0.2) is 11.4 Å². The minimum atomic E-state index is -4.60. The van der Waals surface area contributed by atoms with Gasteiger partial charge < -0.3 is 19.7 Å². The fourth-order valence-corrected chi connectivity index (χ4v) is 4.40. The van der Waals surface area contributed by atoms with Gasteiger partial charge in [-0.25, -0.2) is 4.79 Å². The van der Waals surface area contributed by atoms with Crippen LogP contribution in [-0.4, -0.2) is 33.7 Å². The number of nitrogens with one attached hydrogen (secondary N) is 2. The topological polar surface area (TPSA) is 105 Å². The largest absolute Gasteiger partial charge is 0.497 e. The molecule has 0 radical (unpaired) electrons. The van der Waals surface area contributed by atoms with Crippen LogP contribution in [0.4, 0.5) is 18.0 Å². The third-order valence-electron chi connectivity index (χ3n) is 6.18. The van der Waals surface area contributed by atoms with Crippen LogP contribution in [0, 0.1) is 0 Å². The molecule has 0 unspecified atom stereocenters. The number of pyridine rings is 1. The van der Waals surface area contributed by atoms with E-state index < -0.39 is 29.2 Å². The molecule has 36 heavy (non-hydrogen) atoms. The van der Waals surface area contributed by atoms with Crippen LogP contribution in [0.3, 0.4) is 0 Å². The highest BCUT2D eigenvalue weighted by Crippen LogP contribution is 2.38. The zero-order valence-electron chi connectivity index (χ0n) is 18.8. The lowest BCUT2D eigenvalue weighted by molar-refractivity contribution is -0.137. The van der Waals surface area contributed by atoms with Gasteiger partial charge in [0.2, 0.25) is 0 Å². The highest BCUT2D eigenvalue weighted by Gasteiger charge is 2.48. The minimum absolute atomic E-state index is 0.142. The van der Waals surface area contributed by atoms with Crippen molar-refractivity contribution in [2.75, 3.05) is 7.11 Å². The molecule has 8 nitrogen and oxygen atoms in total. The van der Waals surface area contributed by atoms with Crippen LogP contribution >= 0.6 is 0 Å². The highest BCUT2D eigenvalue weighted by molar-refractivity contribution is 6.07. The van der Waals surface area contributed by atoms with E-state index in [4.69, 9.17) is 4.74 Å². The first-order valence-corrected chi connectivity index (χ1v) is 10.7. The summed E-state index contributed by atoms with van der Waals surface area (Å²) in [4.78, 5) is 29.0. The Bertz CT molecular complexity index is 1500. The van der Waals surface area contributed by atoms with Gasteiger partial charge in [-0.15, -0.1) is 0 Å². The Morgan fingerprint density at radius 1 is 1.11 bits per heavy atom. The zero-order chi connectivity index (χ0) is 25.7. The van der Waals surface area contributed by atoms with Crippen molar-refractivity contribution < 1.29 is 32.6 Å². The van der Waals surface area contributed by atoms with E-state index in [0.717, 1.165) is 6.07 Å². The van der Waals surface area contributed by atoms with E-state index in [2.05, 4.69) is 15.6 Å². The van der Waals surface area contributed by atoms with E-state index in [9.17, 15) is 27.9 Å². The van der Waals surface area contributed by atoms with Crippen molar-refractivity contribution in [1.29, 1.82) is 0 Å². The van der Waals surface area contributed by atoms with Crippen LogP contribution < -0.4 is 15.4 Å². The number of amides is 3. The van der Waals surface area contributed by atoms with E-state index in [1.165, 1.54) is 48.2 Å². The van der Waals surface area contributed by atoms with Crippen LogP contribution in [0.2, 0.25) is 0 Å². The number of benzene rings is 2. The average Bonchev–Trinajstić information content (AvgIpc) is 3.33. The van der Waals surface area contributed by atoms with Crippen LogP contribution in [0.1, 0.15) is 11.1 Å². The average molecular weight is 496 g/mol. The maximum Gasteiger partial charge on any atom is 0.418 e. The Hall–Kier alpha value is -4.54. The van der Waals surface area contributed by atoms with Crippen molar-refractivity contribution in [3.8, 4) is 22.9 Å². The van der Waals surface area contributed by atoms with Crippen molar-refractivity contribution in [3.05, 3.63) is 78.1 Å². The van der Waals surface area contributed by atoms with Gasteiger partial charge in [-0.05, 0) is 35.9 Å². The molecule has 184 valence electrons. The number of hydrogen-bond acceptors (Lipinski definition) is 5. The number of aromatic hydroxyl groups is 1. The molecule has 3 N–H and O–H groups in total. The summed E-state index contributed by atoms with van der Waals surface area (Å²) in [5.41, 5.74) is -2.27. The van der Waals surface area contributed by atoms with Crippen molar-refractivity contribution >= 4 is 22.7 Å². The molecule has 5 rings (SSSR count). The van der Waals surface area contributed by atoms with Gasteiger partial charge in [-0.2, -0.15) is 13.2 Å². The van der Waals surface area contributed by atoms with Gasteiger partial charge in [0.05, 0.1) is 24.9 Å². The van der Waals surface area contributed by atoms with E-state index in [1.807, 2.05) is 0 Å². The number of imide groups is 1. The van der Waals surface area contributed by atoms with Crippen molar-refractivity contribution in [2.24, 2.45) is 0 Å². The van der Waals surface area contributed by atoms with Gasteiger partial charge in [-0.3, -0.25) is 15.1 Å². The number of fused-ring (bicyclic) bond motifs is 1. The molecule has 4 aromatic rings. The lowest BCUT2D eigenvalue weighted by Gasteiger charge is -2.27. The molecular formula is C25H19F3N4O4. The number of halogens is 3. The number of alkyl halides is 3. The van der Waals surface area contributed by atoms with Crippen molar-refractivity contribution in [2.45, 2.75) is 18.3 Å². The summed E-state index contributed by atoms with van der Waals surface area (Å²) in [6, 6.07) is 12.2. The summed E-state index contributed by atoms with van der Waals surface area (Å²) < 4.78 is 47.0. The van der Waals surface area contributed by atoms with Gasteiger partial charge in [0.1, 0.15) is 5.75 Å². The molecule has 0 aliphatic carbocycles. The molecule has 0 saturated carbocycles. The first kappa shape index (κ1) is 23.2. The minimum Gasteiger partial charge on any atom is -0.497 e. The summed E-state index contributed by atoms with van der Waals surface area (Å²) in [5.74, 6) is -0.276. The molecule has 0 bridgehead atoms. The van der Waals surface area contributed by atoms with Gasteiger partial charge in [0, 0.05) is 28.7 Å². The lowest BCUT2D eigenvalue weighted by Crippen LogP contribution is -2.47. The molecule has 1 aliphatic heterocycles. The summed E-state index contributed by atoms with van der Waals surface area (Å²) in [6.07, 6.45) is -1.71. The Kier molecular flexibility index (Phi) is 5.35. The second-order valence-corrected chi connectivity index (χ2v) is 8.32. The van der Waals surface area contributed by atoms with Crippen LogP contribution in [0.25, 0.3) is 22.0 Å². The highest BCUT2D eigenvalue weighted by atomic mass is 19.4. The molecule has 1 saturated heterocycles. The molecule has 11 heteroatoms. The molecule has 3 amide bonds. The van der Waals surface area contributed by atoms with Crippen molar-refractivity contribution in [3.63, 3.8) is 0 Å². The fourth-order valence-electron chi connectivity index (χ4n) is 4.40. The molecule has 3 heterocycles. The Balaban J connectivity index is 1.57. The van der Waals surface area contributed by atoms with Gasteiger partial charge in [-0.1, -0.05) is 24.3 Å². The van der Waals surface area contributed by atoms with Crippen LogP contribution in [0.15, 0.2) is 67.0 Å². The predicted molar refractivity (Wildman–Crippen MR) is 123 cm³/mol. The maximum atomic E-state index is 13.5. The third-order valence-corrected chi connectivity index (χ3v) is 6.18. The third kappa shape index (κ3) is 3.78. The molecule has 1 fully saturated rings. The van der Waals surface area contributed by atoms with Crippen LogP contribution in [-0.2, 0) is 23.1 Å². The van der Waals surface area contributed by atoms with Crippen LogP contribution in [0.5, 0.6) is 11.6 Å². The second-order valence-electron chi connectivity index (χ2n) is 8.32. The molecule has 0 spiro atoms. The standard InChI is InChI=1S/C25H19F3N4O4/c1-36-17-9-6-15-12-32(21(33)18(15)11-17)13-24(22(34)30-23(35)31-24)16-7-4-14(5-8-16)20-19(25(26,27)28)3-2-10-29-20/h2-12,33H,13H2,1H3,(H2,30,31,34,35)/t24-/m0/s1. The summed E-state index contributed by atoms with van der Waals surface area (Å²) >= 11 is 0. The number of carbonyl (C=O) groups is 2. The smallest absolute Gasteiger partial charge is 0.418 e. The predicted octanol–water partition coefficient (Wildman–Crippen LogP) is 4.17. The number of urea groups is 1. The molecule has 2 aromatic carbocycles. The van der Waals surface area contributed by atoms with Crippen molar-refractivity contribution in [1.82, 2.24) is 20.2 Å². The van der Waals surface area contributed by atoms with Gasteiger partial charge in [0.25, 0.3) is 5.91 Å². The second kappa shape index (κ2) is 8.29. The first-order valence-electron chi connectivity index (χ1n) is 10.7. The molecule has 1 aliphatic rings. The van der Waals surface area contributed by atoms with Gasteiger partial charge >= 0.3 is 12.2 Å². The van der Waals surface area contributed by atoms with E-state index >= 15 is 0 Å². The number of methoxy groups -OCH3 is 1. The molecular weight excluding hydrogens is 477 g/mol. The maximum absolute atomic E-state index is 13.5. The SMILES string of the molecule is COc1ccc2cn(C[C@@]3(c4ccc(-c5ncccc5C(F)(F)F)cc4)NC(=O)NC3=O)c(O)c2c1. The van der Waals surface area contributed by atoms with E-state index in [0.29, 0.717) is 22.1 Å². The fraction of sp³-hybridized carbons (Fsp3) is 0.160. The number of ether oxygens (including phenoxy) is 1. The number of aromatic nitrogens is 2. The normalized spacial score (nSPS) is 17.8. The first-order chi connectivity index (χ1) is 17.1. The summed E-state index contributed by atoms with van der Waals surface area (Å²) in [5, 5.41) is 16.8. The summed E-state index contributed by atoms with van der Waals surface area (Å²) in [6.45, 7) is -0.176. The quantitative estimate of drug-likeness (QED) is 0.360. The Morgan fingerprint density at radius 3 is 2.50 bits per heavy atom. The number of carbonyl (C=O) groups excluding carboxylic acids is 2. The Labute approximate surface area is 202 Å². The molecule has 2 aromatic heterocycles. The number of rotatable bonds is 5. The molecule has 1 atom stereocenters.